The summed E-state index contributed by atoms with van der Waals surface area (Å²) in [6.45, 7) is 0.831. The Kier molecular flexibility index (Phi) is 5.04. The molecule has 2 aromatic rings. The van der Waals surface area contributed by atoms with Crippen LogP contribution in [0.5, 0.6) is 0 Å². The van der Waals surface area contributed by atoms with E-state index in [0.29, 0.717) is 31.4 Å². The van der Waals surface area contributed by atoms with Crippen molar-refractivity contribution < 1.29 is 13.6 Å². The monoisotopic (exact) mass is 399 g/mol. The van der Waals surface area contributed by atoms with E-state index in [4.69, 9.17) is 5.73 Å². The quantitative estimate of drug-likeness (QED) is 0.857. The Labute approximate surface area is 167 Å². The molecule has 0 saturated carbocycles. The third kappa shape index (κ3) is 4.27. The number of nitrogens with zero attached hydrogens (tertiary/aromatic N) is 4. The number of hydrazone groups is 1. The minimum Gasteiger partial charge on any atom is -0.364 e. The standard InChI is InChI=1S/C21H23F2N5O/c1-27-12-15(5-7-25-27)17-10-19(20(24)29)26-18-9-14(3-4-16(17)18)11-28-8-2-6-21(22,23)13-28/h3-4,7,9-10,12H,2,5-6,8,11,13H2,1H3,(H2,24,29). The van der Waals surface area contributed by atoms with E-state index >= 15 is 0 Å². The largest absolute Gasteiger partial charge is 0.364 e. The van der Waals surface area contributed by atoms with Crippen molar-refractivity contribution in [2.45, 2.75) is 31.7 Å². The number of fused-ring (bicyclic) bond motifs is 1. The minimum absolute atomic E-state index is 0.0546. The highest BCUT2D eigenvalue weighted by Gasteiger charge is 2.34. The first-order chi connectivity index (χ1) is 13.8. The van der Waals surface area contributed by atoms with Gasteiger partial charge in [-0.25, -0.2) is 13.8 Å². The molecule has 1 saturated heterocycles. The Morgan fingerprint density at radius 2 is 2.14 bits per heavy atom. The smallest absolute Gasteiger partial charge is 0.267 e. The molecule has 0 radical (unpaired) electrons. The number of likely N-dealkylation sites (tertiary alicyclic amines) is 1. The number of pyridine rings is 1. The number of hydrogen-bond donors (Lipinski definition) is 1. The number of rotatable bonds is 4. The zero-order chi connectivity index (χ0) is 20.6. The van der Waals surface area contributed by atoms with Gasteiger partial charge in [-0.05, 0) is 41.8 Å². The number of alkyl halides is 2. The summed E-state index contributed by atoms with van der Waals surface area (Å²) in [6.07, 6.45) is 4.77. The molecular weight excluding hydrogens is 376 g/mol. The second kappa shape index (κ2) is 7.51. The van der Waals surface area contributed by atoms with Gasteiger partial charge in [0.1, 0.15) is 5.69 Å². The van der Waals surface area contributed by atoms with E-state index in [9.17, 15) is 13.6 Å². The number of halogens is 2. The number of amides is 1. The highest BCUT2D eigenvalue weighted by Crippen LogP contribution is 2.31. The number of aromatic nitrogens is 1. The zero-order valence-corrected chi connectivity index (χ0v) is 16.2. The molecule has 29 heavy (non-hydrogen) atoms. The molecular formula is C21H23F2N5O. The van der Waals surface area contributed by atoms with Gasteiger partial charge in [0.15, 0.2) is 0 Å². The first kappa shape index (κ1) is 19.4. The van der Waals surface area contributed by atoms with E-state index in [-0.39, 0.29) is 18.7 Å². The van der Waals surface area contributed by atoms with Crippen molar-refractivity contribution in [3.63, 3.8) is 0 Å². The molecule has 2 aliphatic heterocycles. The second-order valence-corrected chi connectivity index (χ2v) is 7.67. The Bertz CT molecular complexity index is 1020. The van der Waals surface area contributed by atoms with E-state index in [1.165, 1.54) is 0 Å². The summed E-state index contributed by atoms with van der Waals surface area (Å²) in [4.78, 5) is 18.0. The highest BCUT2D eigenvalue weighted by molar-refractivity contribution is 6.00. The number of nitrogens with two attached hydrogens (primary N) is 1. The fourth-order valence-electron chi connectivity index (χ4n) is 3.96. The molecule has 152 valence electrons. The lowest BCUT2D eigenvalue weighted by Gasteiger charge is -2.32. The number of piperidine rings is 1. The SMILES string of the molecule is CN1C=C(c2cc(C(N)=O)nc3cc(CN4CCCC(F)(F)C4)ccc23)CC=N1. The summed E-state index contributed by atoms with van der Waals surface area (Å²) in [7, 11) is 1.83. The zero-order valence-electron chi connectivity index (χ0n) is 16.2. The van der Waals surface area contributed by atoms with Gasteiger partial charge in [-0.15, -0.1) is 0 Å². The Morgan fingerprint density at radius 1 is 1.31 bits per heavy atom. The van der Waals surface area contributed by atoms with Gasteiger partial charge in [-0.3, -0.25) is 14.7 Å². The van der Waals surface area contributed by atoms with Crippen LogP contribution in [0.4, 0.5) is 8.78 Å². The van der Waals surface area contributed by atoms with Gasteiger partial charge in [0.2, 0.25) is 0 Å². The number of primary amides is 1. The number of carbonyl (C=O) groups excluding carboxylic acids is 1. The van der Waals surface area contributed by atoms with Crippen molar-refractivity contribution in [3.05, 3.63) is 47.3 Å². The Morgan fingerprint density at radius 3 is 2.86 bits per heavy atom. The van der Waals surface area contributed by atoms with Crippen molar-refractivity contribution in [2.75, 3.05) is 20.1 Å². The molecule has 2 N–H and O–H groups in total. The van der Waals surface area contributed by atoms with Crippen LogP contribution in [-0.4, -0.2) is 53.1 Å². The first-order valence-electron chi connectivity index (χ1n) is 9.61. The molecule has 1 aromatic heterocycles. The summed E-state index contributed by atoms with van der Waals surface area (Å²) in [5.74, 6) is -3.24. The lowest BCUT2D eigenvalue weighted by atomic mass is 9.97. The fraction of sp³-hybridized carbons (Fsp3) is 0.381. The number of allylic oxidation sites excluding steroid dienone is 1. The molecule has 0 aliphatic carbocycles. The number of benzene rings is 1. The third-order valence-corrected chi connectivity index (χ3v) is 5.27. The van der Waals surface area contributed by atoms with Crippen molar-refractivity contribution in [2.24, 2.45) is 10.8 Å². The molecule has 0 unspecified atom stereocenters. The molecule has 0 spiro atoms. The molecule has 0 atom stereocenters. The molecule has 3 heterocycles. The van der Waals surface area contributed by atoms with Crippen LogP contribution in [0, 0.1) is 0 Å². The maximum atomic E-state index is 13.7. The van der Waals surface area contributed by atoms with Crippen LogP contribution in [0.3, 0.4) is 0 Å². The van der Waals surface area contributed by atoms with E-state index < -0.39 is 11.8 Å². The van der Waals surface area contributed by atoms with Gasteiger partial charge in [0.25, 0.3) is 11.8 Å². The number of carbonyl (C=O) groups is 1. The van der Waals surface area contributed by atoms with Crippen molar-refractivity contribution >= 4 is 28.6 Å². The van der Waals surface area contributed by atoms with Gasteiger partial charge < -0.3 is 5.73 Å². The molecule has 6 nitrogen and oxygen atoms in total. The van der Waals surface area contributed by atoms with Crippen LogP contribution in [-0.2, 0) is 6.54 Å². The van der Waals surface area contributed by atoms with Crippen LogP contribution < -0.4 is 5.73 Å². The Balaban J connectivity index is 1.71. The predicted molar refractivity (Wildman–Crippen MR) is 109 cm³/mol. The average Bonchev–Trinajstić information content (AvgIpc) is 2.66. The topological polar surface area (TPSA) is 74.8 Å². The summed E-state index contributed by atoms with van der Waals surface area (Å²) < 4.78 is 27.4. The summed E-state index contributed by atoms with van der Waals surface area (Å²) in [6, 6.07) is 7.44. The lowest BCUT2D eigenvalue weighted by Crippen LogP contribution is -2.41. The first-order valence-corrected chi connectivity index (χ1v) is 9.61. The minimum atomic E-state index is -2.64. The van der Waals surface area contributed by atoms with Crippen LogP contribution >= 0.6 is 0 Å². The molecule has 2 aliphatic rings. The van der Waals surface area contributed by atoms with Crippen LogP contribution in [0.25, 0.3) is 16.5 Å². The normalized spacial score (nSPS) is 19.4. The maximum absolute atomic E-state index is 13.7. The molecule has 1 fully saturated rings. The summed E-state index contributed by atoms with van der Waals surface area (Å²) in [5, 5.41) is 6.79. The molecule has 4 rings (SSSR count). The van der Waals surface area contributed by atoms with Gasteiger partial charge >= 0.3 is 0 Å². The van der Waals surface area contributed by atoms with Gasteiger partial charge in [-0.2, -0.15) is 5.10 Å². The van der Waals surface area contributed by atoms with Gasteiger partial charge in [-0.1, -0.05) is 12.1 Å². The van der Waals surface area contributed by atoms with Gasteiger partial charge in [0, 0.05) is 44.2 Å². The molecule has 1 aromatic carbocycles. The van der Waals surface area contributed by atoms with Crippen LogP contribution in [0.1, 0.15) is 40.9 Å². The molecule has 0 bridgehead atoms. The molecule has 1 amide bonds. The van der Waals surface area contributed by atoms with E-state index in [1.807, 2.05) is 31.4 Å². The lowest BCUT2D eigenvalue weighted by molar-refractivity contribution is -0.0661. The molecule has 8 heteroatoms. The third-order valence-electron chi connectivity index (χ3n) is 5.27. The van der Waals surface area contributed by atoms with E-state index in [0.717, 1.165) is 22.1 Å². The van der Waals surface area contributed by atoms with Crippen molar-refractivity contribution in [1.29, 1.82) is 0 Å². The maximum Gasteiger partial charge on any atom is 0.267 e. The van der Waals surface area contributed by atoms with Crippen molar-refractivity contribution in [3.8, 4) is 0 Å². The van der Waals surface area contributed by atoms with E-state index in [1.54, 1.807) is 22.2 Å². The van der Waals surface area contributed by atoms with Crippen molar-refractivity contribution in [1.82, 2.24) is 14.9 Å². The van der Waals surface area contributed by atoms with E-state index in [2.05, 4.69) is 10.1 Å². The van der Waals surface area contributed by atoms with Crippen LogP contribution in [0.15, 0.2) is 35.6 Å². The Hall–Kier alpha value is -2.87. The summed E-state index contributed by atoms with van der Waals surface area (Å²) in [5.41, 5.74) is 9.06. The average molecular weight is 399 g/mol. The fourth-order valence-corrected chi connectivity index (χ4v) is 3.96. The summed E-state index contributed by atoms with van der Waals surface area (Å²) >= 11 is 0. The number of hydrogen-bond acceptors (Lipinski definition) is 5. The van der Waals surface area contributed by atoms with Crippen LogP contribution in [0.2, 0.25) is 0 Å². The highest BCUT2D eigenvalue weighted by atomic mass is 19.3. The van der Waals surface area contributed by atoms with Gasteiger partial charge in [0.05, 0.1) is 12.1 Å². The predicted octanol–water partition coefficient (Wildman–Crippen LogP) is 3.23. The second-order valence-electron chi connectivity index (χ2n) is 7.67.